The number of pyridine rings is 1. The van der Waals surface area contributed by atoms with Gasteiger partial charge in [0.05, 0.1) is 6.54 Å². The average molecular weight is 393 g/mol. The van der Waals surface area contributed by atoms with Crippen molar-refractivity contribution >= 4 is 28.4 Å². The summed E-state index contributed by atoms with van der Waals surface area (Å²) >= 11 is 5.89. The van der Waals surface area contributed by atoms with Gasteiger partial charge in [0.25, 0.3) is 5.91 Å². The van der Waals surface area contributed by atoms with Gasteiger partial charge in [-0.05, 0) is 35.9 Å². The van der Waals surface area contributed by atoms with Crippen molar-refractivity contribution in [3.63, 3.8) is 0 Å². The second-order valence-corrected chi connectivity index (χ2v) is 6.43. The molecule has 1 heterocycles. The van der Waals surface area contributed by atoms with Gasteiger partial charge in [-0.25, -0.2) is 0 Å². The van der Waals surface area contributed by atoms with Crippen LogP contribution in [0.15, 0.2) is 66.2 Å². The van der Waals surface area contributed by atoms with E-state index in [0.29, 0.717) is 21.5 Å². The van der Waals surface area contributed by atoms with Crippen molar-refractivity contribution in [2.45, 2.75) is 6.54 Å². The summed E-state index contributed by atoms with van der Waals surface area (Å²) in [6.45, 7) is 3.68. The van der Waals surface area contributed by atoms with Gasteiger partial charge < -0.3 is 15.0 Å². The van der Waals surface area contributed by atoms with E-state index >= 15 is 0 Å². The van der Waals surface area contributed by atoms with E-state index in [-0.39, 0.29) is 18.7 Å². The van der Waals surface area contributed by atoms with Crippen LogP contribution in [-0.2, 0) is 6.54 Å². The van der Waals surface area contributed by atoms with Gasteiger partial charge >= 0.3 is 0 Å². The van der Waals surface area contributed by atoms with E-state index in [1.54, 1.807) is 30.3 Å². The molecule has 0 atom stereocenters. The number of nitrogens with one attached hydrogen (secondary N) is 1. The minimum Gasteiger partial charge on any atom is -0.384 e. The number of aliphatic hydroxyl groups is 1. The summed E-state index contributed by atoms with van der Waals surface area (Å²) in [4.78, 5) is 30.2. The Kier molecular flexibility index (Phi) is 5.95. The Hall–Kier alpha value is -3.33. The molecule has 0 bridgehead atoms. The molecule has 3 aromatic rings. The maximum absolute atomic E-state index is 12.9. The summed E-state index contributed by atoms with van der Waals surface area (Å²) in [6, 6.07) is 12.1. The normalized spacial score (nSPS) is 10.2. The lowest BCUT2D eigenvalue weighted by Gasteiger charge is -2.18. The number of H-pyrrole nitrogens is 1. The maximum atomic E-state index is 12.9. The van der Waals surface area contributed by atoms with Crippen molar-refractivity contribution in [2.24, 2.45) is 0 Å². The van der Waals surface area contributed by atoms with Crippen molar-refractivity contribution in [3.05, 3.63) is 93.4 Å². The molecule has 0 fully saturated rings. The number of aromatic amines is 1. The molecule has 0 saturated heterocycles. The van der Waals surface area contributed by atoms with Crippen molar-refractivity contribution in [1.82, 2.24) is 9.88 Å². The zero-order chi connectivity index (χ0) is 20.1. The van der Waals surface area contributed by atoms with Crippen molar-refractivity contribution in [2.75, 3.05) is 6.61 Å². The Balaban J connectivity index is 1.97. The van der Waals surface area contributed by atoms with Crippen LogP contribution in [0.4, 0.5) is 0 Å². The monoisotopic (exact) mass is 392 g/mol. The van der Waals surface area contributed by atoms with E-state index in [2.05, 4.69) is 23.4 Å². The van der Waals surface area contributed by atoms with Crippen LogP contribution in [0.3, 0.4) is 0 Å². The van der Waals surface area contributed by atoms with Crippen LogP contribution in [0, 0.1) is 11.8 Å². The van der Waals surface area contributed by atoms with E-state index in [9.17, 15) is 9.59 Å². The molecule has 0 aliphatic carbocycles. The number of halogens is 1. The molecular formula is C22H17ClN2O3. The Bertz CT molecular complexity index is 1150. The topological polar surface area (TPSA) is 73.4 Å². The van der Waals surface area contributed by atoms with Crippen LogP contribution in [-0.4, -0.2) is 27.5 Å². The molecule has 0 aliphatic heterocycles. The number of nitrogens with zero attached hydrogens (tertiary/aromatic N) is 1. The molecule has 2 aromatic carbocycles. The Morgan fingerprint density at radius 2 is 2.00 bits per heavy atom. The summed E-state index contributed by atoms with van der Waals surface area (Å²) in [6.07, 6.45) is 2.80. The molecular weight excluding hydrogens is 376 g/mol. The predicted molar refractivity (Wildman–Crippen MR) is 110 cm³/mol. The second-order valence-electron chi connectivity index (χ2n) is 5.99. The molecule has 2 N–H and O–H groups in total. The maximum Gasteiger partial charge on any atom is 0.263 e. The fraction of sp³-hybridized carbons (Fsp3) is 0.0909. The van der Waals surface area contributed by atoms with Gasteiger partial charge in [0.1, 0.15) is 12.2 Å². The highest BCUT2D eigenvalue weighted by atomic mass is 35.5. The largest absolute Gasteiger partial charge is 0.384 e. The van der Waals surface area contributed by atoms with E-state index in [0.717, 1.165) is 5.56 Å². The molecule has 1 aromatic heterocycles. The summed E-state index contributed by atoms with van der Waals surface area (Å²) < 4.78 is 0. The first-order valence-corrected chi connectivity index (χ1v) is 8.84. The van der Waals surface area contributed by atoms with Crippen molar-refractivity contribution in [1.29, 1.82) is 0 Å². The second kappa shape index (κ2) is 8.57. The van der Waals surface area contributed by atoms with E-state index in [1.165, 1.54) is 17.3 Å². The highest BCUT2D eigenvalue weighted by molar-refractivity contribution is 6.30. The quantitative estimate of drug-likeness (QED) is 0.669. The third-order valence-electron chi connectivity index (χ3n) is 4.17. The van der Waals surface area contributed by atoms with Gasteiger partial charge in [0.2, 0.25) is 5.43 Å². The molecule has 0 unspecified atom stereocenters. The van der Waals surface area contributed by atoms with Gasteiger partial charge in [0.15, 0.2) is 0 Å². The smallest absolute Gasteiger partial charge is 0.263 e. The number of hydrogen-bond donors (Lipinski definition) is 2. The number of rotatable bonds is 4. The zero-order valence-corrected chi connectivity index (χ0v) is 15.7. The average Bonchev–Trinajstić information content (AvgIpc) is 2.72. The number of fused-ring (bicyclic) bond motifs is 1. The molecule has 0 aliphatic rings. The lowest BCUT2D eigenvalue weighted by atomic mass is 10.1. The Labute approximate surface area is 166 Å². The minimum absolute atomic E-state index is 0.00799. The number of hydrogen-bond acceptors (Lipinski definition) is 3. The first-order valence-electron chi connectivity index (χ1n) is 8.46. The fourth-order valence-corrected chi connectivity index (χ4v) is 2.88. The lowest BCUT2D eigenvalue weighted by Crippen LogP contribution is -2.29. The number of carbonyl (C=O) groups is 1. The van der Waals surface area contributed by atoms with Gasteiger partial charge in [-0.1, -0.05) is 42.2 Å². The van der Waals surface area contributed by atoms with Gasteiger partial charge in [-0.3, -0.25) is 9.59 Å². The summed E-state index contributed by atoms with van der Waals surface area (Å²) in [7, 11) is 0. The molecule has 6 heteroatoms. The molecule has 1 amide bonds. The Morgan fingerprint density at radius 3 is 2.68 bits per heavy atom. The van der Waals surface area contributed by atoms with Crippen molar-refractivity contribution < 1.29 is 9.90 Å². The Morgan fingerprint density at radius 1 is 1.25 bits per heavy atom. The number of benzene rings is 2. The number of aliphatic hydroxyl groups excluding tert-OH is 1. The molecule has 5 nitrogen and oxygen atoms in total. The van der Waals surface area contributed by atoms with Crippen LogP contribution < -0.4 is 5.43 Å². The molecule has 0 saturated carbocycles. The van der Waals surface area contributed by atoms with Gasteiger partial charge in [-0.2, -0.15) is 0 Å². The van der Waals surface area contributed by atoms with Crippen LogP contribution in [0.5, 0.6) is 0 Å². The first-order chi connectivity index (χ1) is 13.5. The number of aromatic nitrogens is 1. The molecule has 3 rings (SSSR count). The van der Waals surface area contributed by atoms with E-state index in [1.807, 2.05) is 12.1 Å². The number of carbonyl (C=O) groups excluding carboxylic acids is 1. The minimum atomic E-state index is -0.458. The summed E-state index contributed by atoms with van der Waals surface area (Å²) in [5.41, 5.74) is 1.65. The van der Waals surface area contributed by atoms with Gasteiger partial charge in [-0.15, -0.1) is 0 Å². The number of amides is 1. The third-order valence-corrected chi connectivity index (χ3v) is 4.42. The van der Waals surface area contributed by atoms with Crippen LogP contribution >= 0.6 is 11.6 Å². The molecule has 0 spiro atoms. The summed E-state index contributed by atoms with van der Waals surface area (Å²) in [5, 5.41) is 9.78. The first kappa shape index (κ1) is 19.4. The van der Waals surface area contributed by atoms with Crippen molar-refractivity contribution in [3.8, 4) is 11.8 Å². The van der Waals surface area contributed by atoms with Crippen LogP contribution in [0.1, 0.15) is 21.5 Å². The molecule has 0 radical (unpaired) electrons. The van der Waals surface area contributed by atoms with Crippen LogP contribution in [0.2, 0.25) is 5.02 Å². The van der Waals surface area contributed by atoms with Crippen LogP contribution in [0.25, 0.3) is 10.9 Å². The molecule has 28 heavy (non-hydrogen) atoms. The summed E-state index contributed by atoms with van der Waals surface area (Å²) in [5.74, 6) is 4.84. The van der Waals surface area contributed by atoms with Gasteiger partial charge in [0, 0.05) is 33.9 Å². The third kappa shape index (κ3) is 4.15. The van der Waals surface area contributed by atoms with E-state index in [4.69, 9.17) is 16.7 Å². The highest BCUT2D eigenvalue weighted by Crippen LogP contribution is 2.15. The van der Waals surface area contributed by atoms with E-state index < -0.39 is 11.3 Å². The fourth-order valence-electron chi connectivity index (χ4n) is 2.76. The highest BCUT2D eigenvalue weighted by Gasteiger charge is 2.18. The zero-order valence-electron chi connectivity index (χ0n) is 14.9. The SMILES string of the molecule is C=CN(Cc1ccc(Cl)cc1)C(=O)c1c[nH]c2ccc(C#CCO)cc2c1=O. The molecule has 140 valence electrons. The standard InChI is InChI=1S/C22H17ClN2O3/c1-2-25(14-16-5-8-17(23)9-6-16)22(28)19-13-24-20-10-7-15(4-3-11-26)12-18(20)21(19)27/h2,5-10,12-13,26H,1,11,14H2,(H,24,27). The predicted octanol–water partition coefficient (Wildman–Crippen LogP) is 3.31. The lowest BCUT2D eigenvalue weighted by molar-refractivity contribution is 0.0813.